The highest BCUT2D eigenvalue weighted by molar-refractivity contribution is 6.09. The molecule has 1 aromatic carbocycles. The van der Waals surface area contributed by atoms with Gasteiger partial charge in [-0.1, -0.05) is 36.2 Å². The fraction of sp³-hybridized carbons (Fsp3) is 0.545. The van der Waals surface area contributed by atoms with Crippen LogP contribution in [0.15, 0.2) is 24.3 Å². The van der Waals surface area contributed by atoms with Gasteiger partial charge in [-0.05, 0) is 45.1 Å². The zero-order chi connectivity index (χ0) is 21.7. The topological polar surface area (TPSA) is 105 Å². The van der Waals surface area contributed by atoms with E-state index in [1.807, 2.05) is 19.1 Å². The Labute approximate surface area is 176 Å². The van der Waals surface area contributed by atoms with E-state index in [1.54, 1.807) is 19.1 Å². The minimum atomic E-state index is -1.21. The molecule has 1 aromatic rings. The van der Waals surface area contributed by atoms with Gasteiger partial charge >= 0.3 is 12.0 Å². The lowest BCUT2D eigenvalue weighted by molar-refractivity contribution is -0.150. The third-order valence-electron chi connectivity index (χ3n) is 5.71. The van der Waals surface area contributed by atoms with Crippen LogP contribution in [0.3, 0.4) is 0 Å². The fourth-order valence-corrected chi connectivity index (χ4v) is 3.85. The predicted molar refractivity (Wildman–Crippen MR) is 109 cm³/mol. The van der Waals surface area contributed by atoms with Gasteiger partial charge in [0, 0.05) is 6.54 Å². The van der Waals surface area contributed by atoms with Gasteiger partial charge in [-0.15, -0.1) is 0 Å². The maximum absolute atomic E-state index is 12.9. The number of nitrogens with one attached hydrogen (secondary N) is 2. The first kappa shape index (κ1) is 21.8. The number of esters is 1. The van der Waals surface area contributed by atoms with E-state index in [9.17, 15) is 19.2 Å². The van der Waals surface area contributed by atoms with E-state index in [-0.39, 0.29) is 25.0 Å². The lowest BCUT2D eigenvalue weighted by Crippen LogP contribution is -2.43. The monoisotopic (exact) mass is 415 g/mol. The third kappa shape index (κ3) is 4.98. The van der Waals surface area contributed by atoms with Gasteiger partial charge in [0.2, 0.25) is 5.91 Å². The molecule has 1 heterocycles. The molecule has 2 N–H and O–H groups in total. The second kappa shape index (κ2) is 9.28. The smallest absolute Gasteiger partial charge is 0.325 e. The number of hydrogen-bond acceptors (Lipinski definition) is 5. The van der Waals surface area contributed by atoms with Crippen LogP contribution in [0.2, 0.25) is 0 Å². The molecule has 1 aliphatic heterocycles. The highest BCUT2D eigenvalue weighted by Crippen LogP contribution is 2.28. The van der Waals surface area contributed by atoms with Crippen LogP contribution in [0, 0.1) is 6.92 Å². The Balaban J connectivity index is 1.47. The van der Waals surface area contributed by atoms with Gasteiger partial charge < -0.3 is 15.4 Å². The molecule has 1 aliphatic carbocycles. The van der Waals surface area contributed by atoms with Gasteiger partial charge in [0.25, 0.3) is 5.91 Å². The Morgan fingerprint density at radius 2 is 1.83 bits per heavy atom. The Morgan fingerprint density at radius 3 is 2.50 bits per heavy atom. The fourth-order valence-electron chi connectivity index (χ4n) is 3.85. The molecule has 3 rings (SSSR count). The molecule has 1 saturated carbocycles. The van der Waals surface area contributed by atoms with Crippen LogP contribution in [0.1, 0.15) is 56.6 Å². The maximum Gasteiger partial charge on any atom is 0.325 e. The van der Waals surface area contributed by atoms with Gasteiger partial charge in [-0.3, -0.25) is 19.3 Å². The van der Waals surface area contributed by atoms with Crippen LogP contribution in [-0.4, -0.2) is 47.9 Å². The maximum atomic E-state index is 12.9. The summed E-state index contributed by atoms with van der Waals surface area (Å²) in [5.74, 6) is -1.33. The second-order valence-corrected chi connectivity index (χ2v) is 8.16. The van der Waals surface area contributed by atoms with E-state index >= 15 is 0 Å². The van der Waals surface area contributed by atoms with Gasteiger partial charge in [0.1, 0.15) is 18.2 Å². The molecule has 8 heteroatoms. The number of aryl methyl sites for hydroxylation is 1. The summed E-state index contributed by atoms with van der Waals surface area (Å²) in [4.78, 5) is 50.2. The molecule has 0 radical (unpaired) electrons. The first-order chi connectivity index (χ1) is 14.3. The molecule has 8 nitrogen and oxygen atoms in total. The van der Waals surface area contributed by atoms with E-state index < -0.39 is 29.9 Å². The number of urea groups is 1. The standard InChI is InChI=1S/C22H29N3O5/c1-15-8-10-16(11-9-15)22(2)20(28)25(21(29)24-22)14-18(26)23-13-12-19(27)30-17-6-4-3-5-7-17/h8-11,17H,3-7,12-14H2,1-2H3,(H,23,26)(H,24,29)/t22-/m1/s1. The van der Waals surface area contributed by atoms with Crippen molar-refractivity contribution in [1.29, 1.82) is 0 Å². The Morgan fingerprint density at radius 1 is 1.17 bits per heavy atom. The van der Waals surface area contributed by atoms with Crippen molar-refractivity contribution in [2.75, 3.05) is 13.1 Å². The Hall–Kier alpha value is -2.90. The van der Waals surface area contributed by atoms with Crippen molar-refractivity contribution in [3.05, 3.63) is 35.4 Å². The van der Waals surface area contributed by atoms with Crippen LogP contribution in [0.25, 0.3) is 0 Å². The number of carbonyl (C=O) groups excluding carboxylic acids is 4. The summed E-state index contributed by atoms with van der Waals surface area (Å²) in [6, 6.07) is 6.68. The zero-order valence-electron chi connectivity index (χ0n) is 17.5. The van der Waals surface area contributed by atoms with E-state index in [0.717, 1.165) is 36.1 Å². The molecule has 0 unspecified atom stereocenters. The van der Waals surface area contributed by atoms with Gasteiger partial charge in [-0.2, -0.15) is 0 Å². The lowest BCUT2D eigenvalue weighted by atomic mass is 9.91. The molecule has 0 spiro atoms. The molecular weight excluding hydrogens is 386 g/mol. The zero-order valence-corrected chi connectivity index (χ0v) is 17.5. The number of benzene rings is 1. The van der Waals surface area contributed by atoms with Gasteiger partial charge in [0.05, 0.1) is 6.42 Å². The highest BCUT2D eigenvalue weighted by atomic mass is 16.5. The number of carbonyl (C=O) groups is 4. The molecule has 0 bridgehead atoms. The molecular formula is C22H29N3O5. The predicted octanol–water partition coefficient (Wildman–Crippen LogP) is 2.14. The van der Waals surface area contributed by atoms with Crippen LogP contribution < -0.4 is 10.6 Å². The summed E-state index contributed by atoms with van der Waals surface area (Å²) in [5, 5.41) is 5.25. The van der Waals surface area contributed by atoms with Crippen molar-refractivity contribution in [2.24, 2.45) is 0 Å². The summed E-state index contributed by atoms with van der Waals surface area (Å²) in [5.41, 5.74) is 0.478. The quantitative estimate of drug-likeness (QED) is 0.524. The SMILES string of the molecule is Cc1ccc([C@@]2(C)NC(=O)N(CC(=O)NCCC(=O)OC3CCCCC3)C2=O)cc1. The van der Waals surface area contributed by atoms with Crippen molar-refractivity contribution < 1.29 is 23.9 Å². The summed E-state index contributed by atoms with van der Waals surface area (Å²) in [6.07, 6.45) is 5.14. The number of amides is 4. The Bertz CT molecular complexity index is 817. The van der Waals surface area contributed by atoms with Crippen molar-refractivity contribution in [2.45, 2.75) is 64.0 Å². The summed E-state index contributed by atoms with van der Waals surface area (Å²) in [7, 11) is 0. The second-order valence-electron chi connectivity index (χ2n) is 8.16. The van der Waals surface area contributed by atoms with E-state index in [4.69, 9.17) is 4.74 Å². The van der Waals surface area contributed by atoms with Crippen LogP contribution in [0.5, 0.6) is 0 Å². The van der Waals surface area contributed by atoms with E-state index in [1.165, 1.54) is 6.42 Å². The molecule has 0 aromatic heterocycles. The summed E-state index contributed by atoms with van der Waals surface area (Å²) >= 11 is 0. The number of rotatable bonds is 7. The average molecular weight is 415 g/mol. The number of ether oxygens (including phenoxy) is 1. The molecule has 1 atom stereocenters. The van der Waals surface area contributed by atoms with Crippen LogP contribution in [0.4, 0.5) is 4.79 Å². The molecule has 2 fully saturated rings. The lowest BCUT2D eigenvalue weighted by Gasteiger charge is -2.22. The number of hydrogen-bond donors (Lipinski definition) is 2. The normalized spacial score (nSPS) is 22.0. The van der Waals surface area contributed by atoms with Crippen molar-refractivity contribution in [3.8, 4) is 0 Å². The minimum absolute atomic E-state index is 0.0210. The van der Waals surface area contributed by atoms with Crippen LogP contribution in [-0.2, 0) is 24.7 Å². The number of imide groups is 1. The molecule has 1 saturated heterocycles. The molecule has 30 heavy (non-hydrogen) atoms. The first-order valence-corrected chi connectivity index (χ1v) is 10.5. The first-order valence-electron chi connectivity index (χ1n) is 10.5. The Kier molecular flexibility index (Phi) is 6.74. The third-order valence-corrected chi connectivity index (χ3v) is 5.71. The van der Waals surface area contributed by atoms with E-state index in [0.29, 0.717) is 5.56 Å². The average Bonchev–Trinajstić information content (AvgIpc) is 2.93. The summed E-state index contributed by atoms with van der Waals surface area (Å²) in [6.45, 7) is 3.26. The van der Waals surface area contributed by atoms with Gasteiger partial charge in [0.15, 0.2) is 0 Å². The van der Waals surface area contributed by atoms with Crippen molar-refractivity contribution in [1.82, 2.24) is 15.5 Å². The minimum Gasteiger partial charge on any atom is -0.462 e. The van der Waals surface area contributed by atoms with Crippen LogP contribution >= 0.6 is 0 Å². The highest BCUT2D eigenvalue weighted by Gasteiger charge is 2.49. The van der Waals surface area contributed by atoms with Gasteiger partial charge in [-0.25, -0.2) is 4.79 Å². The molecule has 2 aliphatic rings. The molecule has 4 amide bonds. The molecule has 162 valence electrons. The van der Waals surface area contributed by atoms with Crippen molar-refractivity contribution in [3.63, 3.8) is 0 Å². The number of nitrogens with zero attached hydrogens (tertiary/aromatic N) is 1. The largest absolute Gasteiger partial charge is 0.462 e. The summed E-state index contributed by atoms with van der Waals surface area (Å²) < 4.78 is 5.41. The van der Waals surface area contributed by atoms with Crippen molar-refractivity contribution >= 4 is 23.8 Å². The van der Waals surface area contributed by atoms with E-state index in [2.05, 4.69) is 10.6 Å².